The van der Waals surface area contributed by atoms with E-state index in [0.717, 1.165) is 0 Å². The van der Waals surface area contributed by atoms with Crippen molar-refractivity contribution in [3.63, 3.8) is 0 Å². The van der Waals surface area contributed by atoms with E-state index >= 15 is 0 Å². The zero-order valence-corrected chi connectivity index (χ0v) is 11.0. The first-order valence-corrected chi connectivity index (χ1v) is 12.0. The molecule has 0 saturated carbocycles. The molecule has 0 amide bonds. The monoisotopic (exact) mass is 440 g/mol. The second-order valence-corrected chi connectivity index (χ2v) is 14.6. The van der Waals surface area contributed by atoms with Crippen molar-refractivity contribution in [3.8, 4) is 0 Å². The van der Waals surface area contributed by atoms with Gasteiger partial charge in [0.05, 0.1) is 0 Å². The van der Waals surface area contributed by atoms with Crippen LogP contribution in [0.3, 0.4) is 0 Å². The normalized spacial score (nSPS) is 47.2. The Balaban J connectivity index is 3.14. The third-order valence-corrected chi connectivity index (χ3v) is 17.9. The molecular weight excluding hydrogens is 432 g/mol. The zero-order valence-electron chi connectivity index (χ0n) is 4.98. The molecule has 1 aliphatic heterocycles. The van der Waals surface area contributed by atoms with Crippen LogP contribution in [0.4, 0.5) is 0 Å². The summed E-state index contributed by atoms with van der Waals surface area (Å²) in [7, 11) is 0. The van der Waals surface area contributed by atoms with Gasteiger partial charge in [0.25, 0.3) is 0 Å². The second-order valence-electron chi connectivity index (χ2n) is 1.47. The molecule has 1 fully saturated rings. The maximum absolute atomic E-state index is 10.5. The van der Waals surface area contributed by atoms with E-state index in [-0.39, 0.29) is 0 Å². The first kappa shape index (κ1) is 11.1. The molecule has 12 heavy (non-hydrogen) atoms. The minimum absolute atomic E-state index is 3.51. The summed E-state index contributed by atoms with van der Waals surface area (Å²) >= 11 is -17.5. The van der Waals surface area contributed by atoms with Gasteiger partial charge in [0.1, 0.15) is 0 Å². The van der Waals surface area contributed by atoms with Gasteiger partial charge in [-0.3, -0.25) is 0 Å². The van der Waals surface area contributed by atoms with Crippen LogP contribution in [0.15, 0.2) is 0 Å². The van der Waals surface area contributed by atoms with E-state index in [1.54, 1.807) is 0 Å². The van der Waals surface area contributed by atoms with Crippen molar-refractivity contribution in [3.05, 3.63) is 0 Å². The molecule has 0 aromatic carbocycles. The van der Waals surface area contributed by atoms with Gasteiger partial charge in [-0.25, -0.2) is 0 Å². The van der Waals surface area contributed by atoms with Crippen LogP contribution in [0.2, 0.25) is 0 Å². The van der Waals surface area contributed by atoms with E-state index < -0.39 is 51.1 Å². The van der Waals surface area contributed by atoms with Gasteiger partial charge in [-0.2, -0.15) is 0 Å². The maximum atomic E-state index is 10.5. The summed E-state index contributed by atoms with van der Waals surface area (Å²) in [5.74, 6) is 0. The summed E-state index contributed by atoms with van der Waals surface area (Å²) in [5.41, 5.74) is 0. The Hall–Kier alpha value is 1.06. The molecule has 1 saturated heterocycles. The van der Waals surface area contributed by atoms with Gasteiger partial charge >= 0.3 is 78.3 Å². The Kier molecular flexibility index (Phi) is 2.82. The van der Waals surface area contributed by atoms with E-state index in [4.69, 9.17) is 7.52 Å². The molecule has 0 spiro atoms. The molecule has 12 heteroatoms. The van der Waals surface area contributed by atoms with Crippen LogP contribution in [0.1, 0.15) is 0 Å². The Bertz CT molecular complexity index is 341. The SMILES string of the molecule is [O]=[Mo]1([OH])[O][Mo](=[O])([OH])[O][Mo](=[O])(=[O])[O]1. The summed E-state index contributed by atoms with van der Waals surface area (Å²) in [4.78, 5) is 0. The third kappa shape index (κ3) is 3.08. The van der Waals surface area contributed by atoms with Gasteiger partial charge in [-0.05, 0) is 0 Å². The number of rotatable bonds is 0. The van der Waals surface area contributed by atoms with Gasteiger partial charge in [-0.15, -0.1) is 0 Å². The van der Waals surface area contributed by atoms with Crippen molar-refractivity contribution < 1.29 is 78.3 Å². The minimum atomic E-state index is -5.96. The predicted octanol–water partition coefficient (Wildman–Crippen LogP) is -1.80. The first-order chi connectivity index (χ1) is 5.12. The molecule has 0 unspecified atom stereocenters. The van der Waals surface area contributed by atoms with Gasteiger partial charge in [0.15, 0.2) is 0 Å². The summed E-state index contributed by atoms with van der Waals surface area (Å²) in [5, 5.41) is 0. The molecular formula is H2Mo3O9. The molecule has 1 aliphatic rings. The molecule has 1 heterocycles. The van der Waals surface area contributed by atoms with Gasteiger partial charge in [0.2, 0.25) is 0 Å². The molecule has 0 bridgehead atoms. The number of hydrogen-bond acceptors (Lipinski definition) is 7. The molecule has 9 nitrogen and oxygen atoms in total. The molecule has 2 N–H and O–H groups in total. The Morgan fingerprint density at radius 2 is 1.08 bits per heavy atom. The van der Waals surface area contributed by atoms with Crippen LogP contribution in [0, 0.1) is 0 Å². The topological polar surface area (TPSA) is 136 Å². The van der Waals surface area contributed by atoms with Crippen LogP contribution >= 0.6 is 0 Å². The van der Waals surface area contributed by atoms with Crippen molar-refractivity contribution in [2.45, 2.75) is 0 Å². The Labute approximate surface area is 77.7 Å². The van der Waals surface area contributed by atoms with Gasteiger partial charge < -0.3 is 0 Å². The fraction of sp³-hybridized carbons (Fsp3) is 0. The zero-order chi connectivity index (χ0) is 9.62. The van der Waals surface area contributed by atoms with Crippen molar-refractivity contribution in [1.29, 1.82) is 0 Å². The third-order valence-electron chi connectivity index (χ3n) is 0.511. The van der Waals surface area contributed by atoms with Crippen LogP contribution in [0.25, 0.3) is 0 Å². The van der Waals surface area contributed by atoms with E-state index in [2.05, 4.69) is 6.13 Å². The Morgan fingerprint density at radius 3 is 1.33 bits per heavy atom. The Morgan fingerprint density at radius 1 is 0.750 bits per heavy atom. The van der Waals surface area contributed by atoms with Crippen LogP contribution in [-0.2, 0) is 70.8 Å². The summed E-state index contributed by atoms with van der Waals surface area (Å²) in [6.45, 7) is 0. The standard InChI is InChI=1S/3Mo.2H2O.7O/h;;;2*1H2;;;;;;;/q;2*+1;;;;;;;;;/p-2. The average Bonchev–Trinajstić information content (AvgIpc) is 1.44. The van der Waals surface area contributed by atoms with E-state index in [1.165, 1.54) is 0 Å². The van der Waals surface area contributed by atoms with Crippen LogP contribution in [0.5, 0.6) is 0 Å². The van der Waals surface area contributed by atoms with Gasteiger partial charge in [0, 0.05) is 0 Å². The second kappa shape index (κ2) is 3.03. The molecule has 0 aromatic heterocycles. The molecule has 1 rings (SSSR count). The molecule has 74 valence electrons. The fourth-order valence-corrected chi connectivity index (χ4v) is 18.2. The average molecular weight is 434 g/mol. The van der Waals surface area contributed by atoms with Crippen molar-refractivity contribution in [2.75, 3.05) is 0 Å². The predicted molar refractivity (Wildman–Crippen MR) is 10.4 cm³/mol. The molecule has 0 atom stereocenters. The van der Waals surface area contributed by atoms with Crippen molar-refractivity contribution in [2.24, 2.45) is 0 Å². The summed E-state index contributed by atoms with van der Waals surface area (Å²) < 4.78 is 69.5. The van der Waals surface area contributed by atoms with E-state index in [0.29, 0.717) is 0 Å². The van der Waals surface area contributed by atoms with E-state index in [1.807, 2.05) is 0 Å². The van der Waals surface area contributed by atoms with Gasteiger partial charge in [-0.1, -0.05) is 0 Å². The number of hydrogen-bond donors (Lipinski definition) is 2. The van der Waals surface area contributed by atoms with Crippen molar-refractivity contribution in [1.82, 2.24) is 0 Å². The molecule has 0 aromatic rings. The quantitative estimate of drug-likeness (QED) is 0.424. The first-order valence-electron chi connectivity index (χ1n) is 2.03. The van der Waals surface area contributed by atoms with Crippen LogP contribution < -0.4 is 0 Å². The summed E-state index contributed by atoms with van der Waals surface area (Å²) in [6, 6.07) is 0. The molecule has 0 aliphatic carbocycles. The van der Waals surface area contributed by atoms with Crippen molar-refractivity contribution >= 4 is 0 Å². The fourth-order valence-electron chi connectivity index (χ4n) is 0.353. The molecule has 0 radical (unpaired) electrons. The van der Waals surface area contributed by atoms with E-state index in [9.17, 15) is 13.6 Å². The van der Waals surface area contributed by atoms with Crippen LogP contribution in [-0.4, -0.2) is 7.52 Å². The summed E-state index contributed by atoms with van der Waals surface area (Å²) in [6.07, 6.45) is 0.